The van der Waals surface area contributed by atoms with Crippen molar-refractivity contribution in [2.24, 2.45) is 0 Å². The second-order valence-corrected chi connectivity index (χ2v) is 7.11. The molecule has 1 aliphatic rings. The lowest BCUT2D eigenvalue weighted by atomic mass is 10.1. The van der Waals surface area contributed by atoms with Crippen molar-refractivity contribution in [3.63, 3.8) is 0 Å². The van der Waals surface area contributed by atoms with E-state index in [1.54, 1.807) is 6.92 Å². The number of nitrogens with zero attached hydrogens (tertiary/aromatic N) is 1. The highest BCUT2D eigenvalue weighted by atomic mass is 32.2. The molecule has 1 aliphatic heterocycles. The predicted octanol–water partition coefficient (Wildman–Crippen LogP) is 1.06. The van der Waals surface area contributed by atoms with Gasteiger partial charge in [-0.15, -0.1) is 0 Å². The molecule has 2 N–H and O–H groups in total. The van der Waals surface area contributed by atoms with E-state index in [0.29, 0.717) is 13.0 Å². The van der Waals surface area contributed by atoms with Crippen LogP contribution in [-0.4, -0.2) is 43.3 Å². The van der Waals surface area contributed by atoms with Crippen LogP contribution >= 0.6 is 0 Å². The van der Waals surface area contributed by atoms with Crippen molar-refractivity contribution in [2.45, 2.75) is 19.4 Å². The quantitative estimate of drug-likeness (QED) is 0.846. The molecule has 0 saturated carbocycles. The standard InChI is InChI=1S/C13H17FN2O3S/c1-2-16(10-5-6-20(18,19)8-10)13(17)11-4-3-9(14)7-12(11)15/h3-4,7,10H,2,5-6,8,15H2,1H3. The van der Waals surface area contributed by atoms with Crippen molar-refractivity contribution in [1.29, 1.82) is 0 Å². The number of sulfone groups is 1. The van der Waals surface area contributed by atoms with Crippen LogP contribution < -0.4 is 5.73 Å². The minimum atomic E-state index is -3.07. The Morgan fingerprint density at radius 2 is 2.20 bits per heavy atom. The summed E-state index contributed by atoms with van der Waals surface area (Å²) in [7, 11) is -3.07. The van der Waals surface area contributed by atoms with Crippen LogP contribution in [0.2, 0.25) is 0 Å². The fourth-order valence-corrected chi connectivity index (χ4v) is 4.20. The fourth-order valence-electron chi connectivity index (χ4n) is 2.47. The second-order valence-electron chi connectivity index (χ2n) is 4.88. The molecule has 1 atom stereocenters. The molecule has 7 heteroatoms. The van der Waals surface area contributed by atoms with E-state index in [-0.39, 0.29) is 34.7 Å². The average Bonchev–Trinajstić information content (AvgIpc) is 2.70. The number of halogens is 1. The van der Waals surface area contributed by atoms with Gasteiger partial charge in [-0.1, -0.05) is 0 Å². The summed E-state index contributed by atoms with van der Waals surface area (Å²) in [5.41, 5.74) is 5.93. The topological polar surface area (TPSA) is 80.5 Å². The first-order chi connectivity index (χ1) is 9.34. The Bertz CT molecular complexity index is 631. The molecule has 1 aromatic rings. The van der Waals surface area contributed by atoms with E-state index in [1.165, 1.54) is 17.0 Å². The summed E-state index contributed by atoms with van der Waals surface area (Å²) in [6, 6.07) is 3.26. The fraction of sp³-hybridized carbons (Fsp3) is 0.462. The van der Waals surface area contributed by atoms with Crippen LogP contribution in [0.4, 0.5) is 10.1 Å². The monoisotopic (exact) mass is 300 g/mol. The lowest BCUT2D eigenvalue weighted by Gasteiger charge is -2.27. The minimum Gasteiger partial charge on any atom is -0.398 e. The maximum Gasteiger partial charge on any atom is 0.256 e. The molecule has 0 bridgehead atoms. The molecule has 1 amide bonds. The number of amides is 1. The van der Waals surface area contributed by atoms with Gasteiger partial charge < -0.3 is 10.6 Å². The molecule has 20 heavy (non-hydrogen) atoms. The molecular formula is C13H17FN2O3S. The normalized spacial score (nSPS) is 20.8. The van der Waals surface area contributed by atoms with Gasteiger partial charge in [0.1, 0.15) is 5.82 Å². The van der Waals surface area contributed by atoms with Crippen molar-refractivity contribution in [1.82, 2.24) is 4.90 Å². The van der Waals surface area contributed by atoms with E-state index in [0.717, 1.165) is 6.07 Å². The van der Waals surface area contributed by atoms with Gasteiger partial charge in [0, 0.05) is 18.3 Å². The number of anilines is 1. The first-order valence-electron chi connectivity index (χ1n) is 6.40. The van der Waals surface area contributed by atoms with Gasteiger partial charge in [-0.3, -0.25) is 4.79 Å². The maximum atomic E-state index is 13.0. The smallest absolute Gasteiger partial charge is 0.256 e. The summed E-state index contributed by atoms with van der Waals surface area (Å²) >= 11 is 0. The molecule has 0 aromatic heterocycles. The van der Waals surface area contributed by atoms with Crippen LogP contribution in [0.3, 0.4) is 0 Å². The molecular weight excluding hydrogens is 283 g/mol. The van der Waals surface area contributed by atoms with Crippen LogP contribution in [0.15, 0.2) is 18.2 Å². The highest BCUT2D eigenvalue weighted by Gasteiger charge is 2.34. The molecule has 0 radical (unpaired) electrons. The zero-order valence-electron chi connectivity index (χ0n) is 11.2. The maximum absolute atomic E-state index is 13.0. The van der Waals surface area contributed by atoms with Crippen LogP contribution in [0.5, 0.6) is 0 Å². The zero-order chi connectivity index (χ0) is 14.9. The molecule has 1 heterocycles. The molecule has 1 saturated heterocycles. The number of hydrogen-bond donors (Lipinski definition) is 1. The summed E-state index contributed by atoms with van der Waals surface area (Å²) in [6.45, 7) is 2.17. The number of nitrogens with two attached hydrogens (primary N) is 1. The third-order valence-electron chi connectivity index (χ3n) is 3.49. The van der Waals surface area contributed by atoms with Crippen molar-refractivity contribution in [3.05, 3.63) is 29.6 Å². The number of hydrogen-bond acceptors (Lipinski definition) is 4. The Labute approximate surface area is 117 Å². The largest absolute Gasteiger partial charge is 0.398 e. The first-order valence-corrected chi connectivity index (χ1v) is 8.22. The lowest BCUT2D eigenvalue weighted by Crippen LogP contribution is -2.41. The molecule has 110 valence electrons. The second kappa shape index (κ2) is 5.40. The summed E-state index contributed by atoms with van der Waals surface area (Å²) < 4.78 is 36.1. The van der Waals surface area contributed by atoms with Crippen LogP contribution in [0.25, 0.3) is 0 Å². The molecule has 0 spiro atoms. The van der Waals surface area contributed by atoms with Gasteiger partial charge in [0.25, 0.3) is 5.91 Å². The number of nitrogen functional groups attached to an aromatic ring is 1. The Morgan fingerprint density at radius 1 is 1.50 bits per heavy atom. The number of carbonyl (C=O) groups is 1. The van der Waals surface area contributed by atoms with Gasteiger partial charge in [-0.25, -0.2) is 12.8 Å². The van der Waals surface area contributed by atoms with E-state index in [1.807, 2.05) is 0 Å². The van der Waals surface area contributed by atoms with Crippen molar-refractivity contribution in [3.8, 4) is 0 Å². The molecule has 5 nitrogen and oxygen atoms in total. The number of carbonyl (C=O) groups excluding carboxylic acids is 1. The molecule has 1 aromatic carbocycles. The Kier molecular flexibility index (Phi) is 3.99. The van der Waals surface area contributed by atoms with Crippen molar-refractivity contribution < 1.29 is 17.6 Å². The highest BCUT2D eigenvalue weighted by molar-refractivity contribution is 7.91. The van der Waals surface area contributed by atoms with E-state index in [9.17, 15) is 17.6 Å². The van der Waals surface area contributed by atoms with Gasteiger partial charge in [-0.2, -0.15) is 0 Å². The predicted molar refractivity (Wildman–Crippen MR) is 74.6 cm³/mol. The van der Waals surface area contributed by atoms with Crippen LogP contribution in [0.1, 0.15) is 23.7 Å². The third-order valence-corrected chi connectivity index (χ3v) is 5.25. The Morgan fingerprint density at radius 3 is 2.70 bits per heavy atom. The highest BCUT2D eigenvalue weighted by Crippen LogP contribution is 2.22. The molecule has 1 fully saturated rings. The Hall–Kier alpha value is -1.63. The SMILES string of the molecule is CCN(C(=O)c1ccc(F)cc1N)C1CCS(=O)(=O)C1. The van der Waals surface area contributed by atoms with Gasteiger partial charge in [-0.05, 0) is 31.5 Å². The molecule has 0 aliphatic carbocycles. The van der Waals surface area contributed by atoms with E-state index < -0.39 is 15.7 Å². The zero-order valence-corrected chi connectivity index (χ0v) is 12.0. The average molecular weight is 300 g/mol. The summed E-state index contributed by atoms with van der Waals surface area (Å²) in [5, 5.41) is 0. The van der Waals surface area contributed by atoms with Crippen molar-refractivity contribution >= 4 is 21.4 Å². The van der Waals surface area contributed by atoms with E-state index >= 15 is 0 Å². The summed E-state index contributed by atoms with van der Waals surface area (Å²) in [5.74, 6) is -0.786. The van der Waals surface area contributed by atoms with Gasteiger partial charge >= 0.3 is 0 Å². The number of rotatable bonds is 3. The van der Waals surface area contributed by atoms with Crippen molar-refractivity contribution in [2.75, 3.05) is 23.8 Å². The third kappa shape index (κ3) is 2.92. The lowest BCUT2D eigenvalue weighted by molar-refractivity contribution is 0.0709. The summed E-state index contributed by atoms with van der Waals surface area (Å²) in [4.78, 5) is 13.9. The van der Waals surface area contributed by atoms with Crippen LogP contribution in [-0.2, 0) is 9.84 Å². The minimum absolute atomic E-state index is 0.0202. The Balaban J connectivity index is 2.26. The van der Waals surface area contributed by atoms with E-state index in [4.69, 9.17) is 5.73 Å². The van der Waals surface area contributed by atoms with Gasteiger partial charge in [0.05, 0.1) is 17.1 Å². The summed E-state index contributed by atoms with van der Waals surface area (Å²) in [6.07, 6.45) is 0.434. The van der Waals surface area contributed by atoms with Gasteiger partial charge in [0.15, 0.2) is 9.84 Å². The van der Waals surface area contributed by atoms with E-state index in [2.05, 4.69) is 0 Å². The molecule has 2 rings (SSSR count). The van der Waals surface area contributed by atoms with Crippen LogP contribution in [0, 0.1) is 5.82 Å². The number of benzene rings is 1. The molecule has 1 unspecified atom stereocenters. The van der Waals surface area contributed by atoms with Gasteiger partial charge in [0.2, 0.25) is 0 Å². The first kappa shape index (κ1) is 14.8.